The summed E-state index contributed by atoms with van der Waals surface area (Å²) in [5.41, 5.74) is 0. The molecule has 3 aliphatic carbocycles. The molecule has 0 aliphatic heterocycles. The van der Waals surface area contributed by atoms with Gasteiger partial charge in [0.15, 0.2) is 0 Å². The van der Waals surface area contributed by atoms with Crippen LogP contribution in [0.3, 0.4) is 0 Å². The third-order valence-corrected chi connectivity index (χ3v) is 3.58. The summed E-state index contributed by atoms with van der Waals surface area (Å²) in [6.07, 6.45) is 19.7. The first-order valence-corrected chi connectivity index (χ1v) is 5.15. The second-order valence-electron chi connectivity index (χ2n) is 4.26. The largest absolute Gasteiger partial charge is 0.0808 e. The molecular formula is C13H14. The highest BCUT2D eigenvalue weighted by atomic mass is 14.4. The van der Waals surface area contributed by atoms with Crippen LogP contribution in [0.4, 0.5) is 0 Å². The number of hydrogen-bond acceptors (Lipinski definition) is 0. The van der Waals surface area contributed by atoms with Gasteiger partial charge < -0.3 is 0 Å². The second-order valence-corrected chi connectivity index (χ2v) is 4.26. The molecule has 0 heteroatoms. The molecule has 0 spiro atoms. The molecule has 0 nitrogen and oxygen atoms in total. The highest BCUT2D eigenvalue weighted by molar-refractivity contribution is 5.26. The van der Waals surface area contributed by atoms with Crippen molar-refractivity contribution in [3.8, 4) is 0 Å². The van der Waals surface area contributed by atoms with Gasteiger partial charge in [-0.15, -0.1) is 0 Å². The van der Waals surface area contributed by atoms with E-state index in [4.69, 9.17) is 0 Å². The van der Waals surface area contributed by atoms with Gasteiger partial charge in [-0.25, -0.2) is 0 Å². The Morgan fingerprint density at radius 3 is 1.62 bits per heavy atom. The first-order chi connectivity index (χ1) is 6.45. The summed E-state index contributed by atoms with van der Waals surface area (Å²) in [5.74, 6) is 3.15. The number of hydrogen-bond donors (Lipinski definition) is 0. The Morgan fingerprint density at radius 2 is 1.08 bits per heavy atom. The van der Waals surface area contributed by atoms with E-state index in [9.17, 15) is 0 Å². The van der Waals surface area contributed by atoms with Gasteiger partial charge in [0.1, 0.15) is 0 Å². The van der Waals surface area contributed by atoms with Crippen LogP contribution in [0.5, 0.6) is 0 Å². The fourth-order valence-electron chi connectivity index (χ4n) is 2.95. The number of allylic oxidation sites excluding steroid dienone is 8. The Labute approximate surface area is 79.3 Å². The van der Waals surface area contributed by atoms with Gasteiger partial charge in [0.25, 0.3) is 0 Å². The highest BCUT2D eigenvalue weighted by Gasteiger charge is 2.38. The zero-order chi connectivity index (χ0) is 8.67. The molecule has 0 aromatic rings. The SMILES string of the molecule is C1=CC2CC3C=CC=C[C@H]3C2C=C1. The molecule has 0 saturated heterocycles. The van der Waals surface area contributed by atoms with Gasteiger partial charge in [-0.2, -0.15) is 0 Å². The van der Waals surface area contributed by atoms with Crippen molar-refractivity contribution in [3.05, 3.63) is 48.6 Å². The third-order valence-electron chi connectivity index (χ3n) is 3.58. The average Bonchev–Trinajstić information content (AvgIpc) is 2.56. The number of rotatable bonds is 0. The molecule has 0 bridgehead atoms. The summed E-state index contributed by atoms with van der Waals surface area (Å²) >= 11 is 0. The van der Waals surface area contributed by atoms with E-state index < -0.39 is 0 Å². The van der Waals surface area contributed by atoms with Crippen LogP contribution in [0, 0.1) is 23.7 Å². The maximum atomic E-state index is 2.39. The minimum absolute atomic E-state index is 0.774. The predicted molar refractivity (Wildman–Crippen MR) is 55.1 cm³/mol. The van der Waals surface area contributed by atoms with Crippen molar-refractivity contribution in [1.82, 2.24) is 0 Å². The lowest BCUT2D eigenvalue weighted by Crippen LogP contribution is -2.14. The normalized spacial score (nSPS) is 44.9. The lowest BCUT2D eigenvalue weighted by molar-refractivity contribution is 0.461. The molecular weight excluding hydrogens is 156 g/mol. The summed E-state index contributed by atoms with van der Waals surface area (Å²) in [5, 5.41) is 0. The Morgan fingerprint density at radius 1 is 0.615 bits per heavy atom. The van der Waals surface area contributed by atoms with E-state index in [0.717, 1.165) is 23.7 Å². The molecule has 1 fully saturated rings. The van der Waals surface area contributed by atoms with Gasteiger partial charge in [0.05, 0.1) is 0 Å². The smallest absolute Gasteiger partial charge is 0.00983 e. The van der Waals surface area contributed by atoms with Crippen molar-refractivity contribution in [2.45, 2.75) is 6.42 Å². The fraction of sp³-hybridized carbons (Fsp3) is 0.385. The van der Waals surface area contributed by atoms with E-state index in [-0.39, 0.29) is 0 Å². The van der Waals surface area contributed by atoms with Crippen LogP contribution in [0.15, 0.2) is 48.6 Å². The van der Waals surface area contributed by atoms with Crippen molar-refractivity contribution < 1.29 is 0 Å². The molecule has 3 unspecified atom stereocenters. The Bertz CT molecular complexity index is 285. The zero-order valence-corrected chi connectivity index (χ0v) is 7.64. The minimum atomic E-state index is 0.774. The Hall–Kier alpha value is -1.04. The van der Waals surface area contributed by atoms with Crippen LogP contribution in [-0.2, 0) is 0 Å². The Kier molecular flexibility index (Phi) is 1.55. The molecule has 1 saturated carbocycles. The lowest BCUT2D eigenvalue weighted by Gasteiger charge is -2.21. The van der Waals surface area contributed by atoms with Crippen LogP contribution in [0.25, 0.3) is 0 Å². The summed E-state index contributed by atoms with van der Waals surface area (Å²) in [4.78, 5) is 0. The zero-order valence-electron chi connectivity index (χ0n) is 7.64. The molecule has 0 heterocycles. The van der Waals surface area contributed by atoms with Gasteiger partial charge in [-0.3, -0.25) is 0 Å². The first kappa shape index (κ1) is 7.37. The van der Waals surface area contributed by atoms with Gasteiger partial charge in [0.2, 0.25) is 0 Å². The first-order valence-electron chi connectivity index (χ1n) is 5.15. The maximum Gasteiger partial charge on any atom is -0.00983 e. The van der Waals surface area contributed by atoms with Crippen LogP contribution < -0.4 is 0 Å². The van der Waals surface area contributed by atoms with Crippen LogP contribution in [-0.4, -0.2) is 0 Å². The topological polar surface area (TPSA) is 0 Å². The summed E-state index contributed by atoms with van der Waals surface area (Å²) < 4.78 is 0. The molecule has 13 heavy (non-hydrogen) atoms. The standard InChI is InChI=1S/C13H14/c1-3-7-12-10(5-1)9-11-6-2-4-8-13(11)12/h1-8,10-13H,9H2/t10?,11?,12-,13?/m1/s1. The quantitative estimate of drug-likeness (QED) is 0.524. The van der Waals surface area contributed by atoms with Crippen molar-refractivity contribution in [2.24, 2.45) is 23.7 Å². The molecule has 0 amide bonds. The Balaban J connectivity index is 1.95. The van der Waals surface area contributed by atoms with E-state index in [0.29, 0.717) is 0 Å². The van der Waals surface area contributed by atoms with Crippen LogP contribution >= 0.6 is 0 Å². The van der Waals surface area contributed by atoms with Crippen LogP contribution in [0.1, 0.15) is 6.42 Å². The minimum Gasteiger partial charge on any atom is -0.0808 e. The van der Waals surface area contributed by atoms with E-state index in [1.807, 2.05) is 0 Å². The molecule has 4 atom stereocenters. The van der Waals surface area contributed by atoms with Gasteiger partial charge in [-0.1, -0.05) is 48.6 Å². The lowest BCUT2D eigenvalue weighted by atomic mass is 9.83. The van der Waals surface area contributed by atoms with E-state index >= 15 is 0 Å². The molecule has 3 rings (SSSR count). The second kappa shape index (κ2) is 2.73. The fourth-order valence-corrected chi connectivity index (χ4v) is 2.95. The van der Waals surface area contributed by atoms with Gasteiger partial charge >= 0.3 is 0 Å². The number of fused-ring (bicyclic) bond motifs is 3. The average molecular weight is 170 g/mol. The molecule has 66 valence electrons. The maximum absolute atomic E-state index is 2.39. The molecule has 0 aromatic carbocycles. The van der Waals surface area contributed by atoms with E-state index in [1.165, 1.54) is 6.42 Å². The monoisotopic (exact) mass is 170 g/mol. The summed E-state index contributed by atoms with van der Waals surface area (Å²) in [7, 11) is 0. The molecule has 0 radical (unpaired) electrons. The van der Waals surface area contributed by atoms with Crippen molar-refractivity contribution in [3.63, 3.8) is 0 Å². The van der Waals surface area contributed by atoms with Gasteiger partial charge in [0, 0.05) is 0 Å². The predicted octanol–water partition coefficient (Wildman–Crippen LogP) is 3.11. The van der Waals surface area contributed by atoms with Gasteiger partial charge in [-0.05, 0) is 30.1 Å². The summed E-state index contributed by atoms with van der Waals surface area (Å²) in [6, 6.07) is 0. The molecule has 3 aliphatic rings. The van der Waals surface area contributed by atoms with E-state index in [1.54, 1.807) is 0 Å². The van der Waals surface area contributed by atoms with E-state index in [2.05, 4.69) is 48.6 Å². The third kappa shape index (κ3) is 1.05. The van der Waals surface area contributed by atoms with Crippen molar-refractivity contribution >= 4 is 0 Å². The van der Waals surface area contributed by atoms with Crippen molar-refractivity contribution in [2.75, 3.05) is 0 Å². The highest BCUT2D eigenvalue weighted by Crippen LogP contribution is 2.46. The molecule has 0 N–H and O–H groups in total. The van der Waals surface area contributed by atoms with Crippen LogP contribution in [0.2, 0.25) is 0 Å². The summed E-state index contributed by atoms with van der Waals surface area (Å²) in [6.45, 7) is 0. The molecule has 0 aromatic heterocycles. The van der Waals surface area contributed by atoms with Crippen molar-refractivity contribution in [1.29, 1.82) is 0 Å².